The SMILES string of the molecule is O=C1CC=C(c2ccc(Cl)s2)CC1. The number of hydrogen-bond acceptors (Lipinski definition) is 2. The van der Waals surface area contributed by atoms with Gasteiger partial charge in [-0.2, -0.15) is 0 Å². The number of Topliss-reactive ketones (excluding diaryl/α,β-unsaturated/α-hetero) is 1. The molecular weight excluding hydrogens is 204 g/mol. The van der Waals surface area contributed by atoms with Gasteiger partial charge in [-0.1, -0.05) is 17.7 Å². The van der Waals surface area contributed by atoms with E-state index in [9.17, 15) is 4.79 Å². The quantitative estimate of drug-likeness (QED) is 0.696. The number of halogens is 1. The summed E-state index contributed by atoms with van der Waals surface area (Å²) < 4.78 is 0.813. The lowest BCUT2D eigenvalue weighted by molar-refractivity contribution is -0.118. The minimum atomic E-state index is 0.339. The second-order valence-corrected chi connectivity index (χ2v) is 4.79. The number of ketones is 1. The monoisotopic (exact) mass is 212 g/mol. The largest absolute Gasteiger partial charge is 0.299 e. The summed E-state index contributed by atoms with van der Waals surface area (Å²) in [6.07, 6.45) is 4.16. The van der Waals surface area contributed by atoms with Gasteiger partial charge in [0, 0.05) is 17.7 Å². The second kappa shape index (κ2) is 3.64. The van der Waals surface area contributed by atoms with Gasteiger partial charge in [0.1, 0.15) is 5.78 Å². The van der Waals surface area contributed by atoms with Gasteiger partial charge in [0.2, 0.25) is 0 Å². The Hall–Kier alpha value is -0.600. The molecule has 2 rings (SSSR count). The Morgan fingerprint density at radius 2 is 2.15 bits per heavy atom. The molecule has 0 atom stereocenters. The van der Waals surface area contributed by atoms with E-state index in [0.717, 1.165) is 10.8 Å². The minimum Gasteiger partial charge on any atom is -0.299 e. The molecular formula is C10H9ClOS. The van der Waals surface area contributed by atoms with Crippen molar-refractivity contribution in [2.75, 3.05) is 0 Å². The van der Waals surface area contributed by atoms with Crippen LogP contribution in [0.25, 0.3) is 5.57 Å². The summed E-state index contributed by atoms with van der Waals surface area (Å²) in [5, 5.41) is 0. The van der Waals surface area contributed by atoms with Crippen LogP contribution in [0, 0.1) is 0 Å². The molecule has 13 heavy (non-hydrogen) atoms. The molecule has 0 amide bonds. The Morgan fingerprint density at radius 1 is 1.31 bits per heavy atom. The molecule has 1 aliphatic rings. The van der Waals surface area contributed by atoms with E-state index >= 15 is 0 Å². The van der Waals surface area contributed by atoms with Crippen molar-refractivity contribution in [2.45, 2.75) is 19.3 Å². The molecule has 0 aromatic carbocycles. The average molecular weight is 213 g/mol. The zero-order valence-corrected chi connectivity index (χ0v) is 8.62. The first-order valence-electron chi connectivity index (χ1n) is 4.22. The van der Waals surface area contributed by atoms with E-state index in [1.165, 1.54) is 10.5 Å². The standard InChI is InChI=1S/C10H9ClOS/c11-10-6-5-9(13-10)7-1-3-8(12)4-2-7/h1,5-6H,2-4H2. The van der Waals surface area contributed by atoms with Crippen LogP contribution in [0.15, 0.2) is 18.2 Å². The van der Waals surface area contributed by atoms with Crippen LogP contribution in [0.1, 0.15) is 24.1 Å². The van der Waals surface area contributed by atoms with Gasteiger partial charge in [0.25, 0.3) is 0 Å². The molecule has 0 saturated heterocycles. The number of carbonyl (C=O) groups is 1. The number of hydrogen-bond donors (Lipinski definition) is 0. The molecule has 1 heterocycles. The maximum absolute atomic E-state index is 11.0. The van der Waals surface area contributed by atoms with Crippen molar-refractivity contribution < 1.29 is 4.79 Å². The van der Waals surface area contributed by atoms with Gasteiger partial charge in [-0.15, -0.1) is 11.3 Å². The summed E-state index contributed by atoms with van der Waals surface area (Å²) >= 11 is 7.41. The smallest absolute Gasteiger partial charge is 0.137 e. The molecule has 68 valence electrons. The van der Waals surface area contributed by atoms with Gasteiger partial charge >= 0.3 is 0 Å². The first-order valence-corrected chi connectivity index (χ1v) is 5.41. The average Bonchev–Trinajstić information content (AvgIpc) is 2.53. The van der Waals surface area contributed by atoms with Crippen LogP contribution in [-0.2, 0) is 4.79 Å². The third-order valence-corrected chi connectivity index (χ3v) is 3.45. The topological polar surface area (TPSA) is 17.1 Å². The summed E-state index contributed by atoms with van der Waals surface area (Å²) in [5.74, 6) is 0.339. The Kier molecular flexibility index (Phi) is 2.51. The summed E-state index contributed by atoms with van der Waals surface area (Å²) in [5.41, 5.74) is 1.27. The van der Waals surface area contributed by atoms with Crippen LogP contribution in [0.5, 0.6) is 0 Å². The van der Waals surface area contributed by atoms with Crippen molar-refractivity contribution in [3.05, 3.63) is 27.4 Å². The van der Waals surface area contributed by atoms with Crippen molar-refractivity contribution in [2.24, 2.45) is 0 Å². The van der Waals surface area contributed by atoms with Gasteiger partial charge in [-0.25, -0.2) is 0 Å². The Bertz CT molecular complexity index is 365. The van der Waals surface area contributed by atoms with E-state index < -0.39 is 0 Å². The summed E-state index contributed by atoms with van der Waals surface area (Å²) in [6.45, 7) is 0. The molecule has 3 heteroatoms. The van der Waals surface area contributed by atoms with E-state index in [1.54, 1.807) is 11.3 Å². The maximum atomic E-state index is 11.0. The van der Waals surface area contributed by atoms with E-state index in [2.05, 4.69) is 0 Å². The molecule has 0 radical (unpaired) electrons. The highest BCUT2D eigenvalue weighted by Gasteiger charge is 2.12. The number of carbonyl (C=O) groups excluding carboxylic acids is 1. The van der Waals surface area contributed by atoms with E-state index in [1.807, 2.05) is 18.2 Å². The number of allylic oxidation sites excluding steroid dienone is 2. The highest BCUT2D eigenvalue weighted by atomic mass is 35.5. The van der Waals surface area contributed by atoms with Crippen LogP contribution in [-0.4, -0.2) is 5.78 Å². The third-order valence-electron chi connectivity index (χ3n) is 2.14. The van der Waals surface area contributed by atoms with Crippen LogP contribution >= 0.6 is 22.9 Å². The molecule has 1 aliphatic carbocycles. The predicted octanol–water partition coefficient (Wildman–Crippen LogP) is 3.54. The fourth-order valence-electron chi connectivity index (χ4n) is 1.43. The fraction of sp³-hybridized carbons (Fsp3) is 0.300. The van der Waals surface area contributed by atoms with Crippen molar-refractivity contribution in [1.29, 1.82) is 0 Å². The van der Waals surface area contributed by atoms with Crippen LogP contribution in [0.3, 0.4) is 0 Å². The Labute approximate surface area is 86.0 Å². The van der Waals surface area contributed by atoms with Gasteiger partial charge in [0.05, 0.1) is 4.34 Å². The number of thiophene rings is 1. The Morgan fingerprint density at radius 3 is 2.69 bits per heavy atom. The van der Waals surface area contributed by atoms with Gasteiger partial charge in [-0.05, 0) is 24.1 Å². The third kappa shape index (κ3) is 2.01. The first kappa shape index (κ1) is 8.97. The van der Waals surface area contributed by atoms with Crippen LogP contribution in [0.4, 0.5) is 0 Å². The molecule has 1 aromatic rings. The highest BCUT2D eigenvalue weighted by Crippen LogP contribution is 2.32. The molecule has 0 aliphatic heterocycles. The first-order chi connectivity index (χ1) is 6.25. The van der Waals surface area contributed by atoms with Gasteiger partial charge in [0.15, 0.2) is 0 Å². The van der Waals surface area contributed by atoms with Crippen molar-refractivity contribution in [1.82, 2.24) is 0 Å². The van der Waals surface area contributed by atoms with E-state index in [4.69, 9.17) is 11.6 Å². The molecule has 1 nitrogen and oxygen atoms in total. The van der Waals surface area contributed by atoms with Crippen molar-refractivity contribution >= 4 is 34.3 Å². The Balaban J connectivity index is 2.22. The summed E-state index contributed by atoms with van der Waals surface area (Å²) in [7, 11) is 0. The van der Waals surface area contributed by atoms with E-state index in [0.29, 0.717) is 18.6 Å². The molecule has 0 fully saturated rings. The highest BCUT2D eigenvalue weighted by molar-refractivity contribution is 7.17. The van der Waals surface area contributed by atoms with Crippen molar-refractivity contribution in [3.63, 3.8) is 0 Å². The lowest BCUT2D eigenvalue weighted by Gasteiger charge is -2.09. The van der Waals surface area contributed by atoms with Crippen LogP contribution < -0.4 is 0 Å². The molecule has 0 unspecified atom stereocenters. The maximum Gasteiger partial charge on any atom is 0.137 e. The lowest BCUT2D eigenvalue weighted by Crippen LogP contribution is -2.01. The minimum absolute atomic E-state index is 0.339. The summed E-state index contributed by atoms with van der Waals surface area (Å²) in [6, 6.07) is 3.92. The zero-order valence-electron chi connectivity index (χ0n) is 7.05. The van der Waals surface area contributed by atoms with Crippen LogP contribution in [0.2, 0.25) is 4.34 Å². The fourth-order valence-corrected chi connectivity index (χ4v) is 2.54. The second-order valence-electron chi connectivity index (χ2n) is 3.08. The molecule has 0 spiro atoms. The zero-order chi connectivity index (χ0) is 9.26. The molecule has 0 saturated carbocycles. The molecule has 0 bridgehead atoms. The normalized spacial score (nSPS) is 17.3. The van der Waals surface area contributed by atoms with E-state index in [-0.39, 0.29) is 0 Å². The van der Waals surface area contributed by atoms with Gasteiger partial charge < -0.3 is 0 Å². The van der Waals surface area contributed by atoms with Crippen molar-refractivity contribution in [3.8, 4) is 0 Å². The number of rotatable bonds is 1. The molecule has 1 aromatic heterocycles. The molecule has 0 N–H and O–H groups in total. The summed E-state index contributed by atoms with van der Waals surface area (Å²) in [4.78, 5) is 12.2. The predicted molar refractivity (Wildman–Crippen MR) is 56.2 cm³/mol. The van der Waals surface area contributed by atoms with Gasteiger partial charge in [-0.3, -0.25) is 4.79 Å². The lowest BCUT2D eigenvalue weighted by atomic mass is 9.98.